The van der Waals surface area contributed by atoms with E-state index in [0.29, 0.717) is 5.92 Å². The van der Waals surface area contributed by atoms with Gasteiger partial charge in [-0.1, -0.05) is 13.8 Å². The summed E-state index contributed by atoms with van der Waals surface area (Å²) in [5.41, 5.74) is 0. The number of carbonyl (C=O) groups is 2. The topological polar surface area (TPSA) is 66.4 Å². The summed E-state index contributed by atoms with van der Waals surface area (Å²) in [6.07, 6.45) is 5.21. The zero-order valence-electron chi connectivity index (χ0n) is 11.2. The smallest absolute Gasteiger partial charge is 0.307 e. The van der Waals surface area contributed by atoms with Gasteiger partial charge in [-0.05, 0) is 43.4 Å². The van der Waals surface area contributed by atoms with Crippen LogP contribution in [0.2, 0.25) is 0 Å². The standard InChI is InChI=1S/C14H23NO3/c1-8(9(2)14(17)18)13(16)15-7-12(10-3-4-10)11-5-6-11/h8-12H,3-7H2,1-2H3,(H,15,16)(H,17,18). The van der Waals surface area contributed by atoms with Crippen LogP contribution in [-0.2, 0) is 9.59 Å². The maximum Gasteiger partial charge on any atom is 0.307 e. The first-order chi connectivity index (χ1) is 8.50. The van der Waals surface area contributed by atoms with Crippen LogP contribution in [0.15, 0.2) is 0 Å². The molecule has 0 bridgehead atoms. The highest BCUT2D eigenvalue weighted by Gasteiger charge is 2.41. The second-order valence-corrected chi connectivity index (χ2v) is 6.00. The summed E-state index contributed by atoms with van der Waals surface area (Å²) in [5, 5.41) is 11.9. The van der Waals surface area contributed by atoms with Gasteiger partial charge in [0.1, 0.15) is 0 Å². The molecule has 0 aromatic rings. The highest BCUT2D eigenvalue weighted by atomic mass is 16.4. The Balaban J connectivity index is 1.77. The molecule has 102 valence electrons. The van der Waals surface area contributed by atoms with Gasteiger partial charge in [0.15, 0.2) is 0 Å². The third-order valence-corrected chi connectivity index (χ3v) is 4.52. The van der Waals surface area contributed by atoms with Crippen molar-refractivity contribution in [2.75, 3.05) is 6.54 Å². The Labute approximate surface area is 108 Å². The Morgan fingerprint density at radius 2 is 1.61 bits per heavy atom. The first-order valence-corrected chi connectivity index (χ1v) is 7.01. The number of carbonyl (C=O) groups excluding carboxylic acids is 1. The fourth-order valence-corrected chi connectivity index (χ4v) is 2.59. The summed E-state index contributed by atoms with van der Waals surface area (Å²) in [5.74, 6) is 0.165. The van der Waals surface area contributed by atoms with E-state index in [1.54, 1.807) is 13.8 Å². The summed E-state index contributed by atoms with van der Waals surface area (Å²) in [6.45, 7) is 4.02. The molecule has 0 aromatic heterocycles. The minimum absolute atomic E-state index is 0.115. The molecular weight excluding hydrogens is 230 g/mol. The average molecular weight is 253 g/mol. The van der Waals surface area contributed by atoms with E-state index >= 15 is 0 Å². The molecule has 0 radical (unpaired) electrons. The van der Waals surface area contributed by atoms with Crippen molar-refractivity contribution in [2.24, 2.45) is 29.6 Å². The minimum Gasteiger partial charge on any atom is -0.481 e. The Bertz CT molecular complexity index is 322. The lowest BCUT2D eigenvalue weighted by Gasteiger charge is -2.20. The first kappa shape index (κ1) is 13.4. The number of carboxylic acid groups (broad SMARTS) is 1. The lowest BCUT2D eigenvalue weighted by molar-refractivity contribution is -0.146. The molecule has 18 heavy (non-hydrogen) atoms. The largest absolute Gasteiger partial charge is 0.481 e. The molecule has 2 atom stereocenters. The highest BCUT2D eigenvalue weighted by molar-refractivity contribution is 5.84. The Kier molecular flexibility index (Phi) is 3.93. The van der Waals surface area contributed by atoms with E-state index in [0.717, 1.165) is 18.4 Å². The zero-order valence-corrected chi connectivity index (χ0v) is 11.2. The lowest BCUT2D eigenvalue weighted by atomic mass is 9.94. The number of rotatable bonds is 7. The van der Waals surface area contributed by atoms with E-state index in [4.69, 9.17) is 5.11 Å². The highest BCUT2D eigenvalue weighted by Crippen LogP contribution is 2.48. The maximum atomic E-state index is 11.9. The number of amides is 1. The van der Waals surface area contributed by atoms with E-state index in [9.17, 15) is 9.59 Å². The summed E-state index contributed by atoms with van der Waals surface area (Å²) in [4.78, 5) is 22.7. The lowest BCUT2D eigenvalue weighted by Crippen LogP contribution is -2.38. The number of hydrogen-bond acceptors (Lipinski definition) is 2. The monoisotopic (exact) mass is 253 g/mol. The number of aliphatic carboxylic acids is 1. The van der Waals surface area contributed by atoms with Crippen LogP contribution < -0.4 is 5.32 Å². The van der Waals surface area contributed by atoms with E-state index in [1.807, 2.05) is 0 Å². The van der Waals surface area contributed by atoms with Crippen molar-refractivity contribution in [3.8, 4) is 0 Å². The molecule has 4 nitrogen and oxygen atoms in total. The molecule has 2 N–H and O–H groups in total. The first-order valence-electron chi connectivity index (χ1n) is 7.01. The van der Waals surface area contributed by atoms with Crippen LogP contribution in [-0.4, -0.2) is 23.5 Å². The molecule has 4 heteroatoms. The number of nitrogens with one attached hydrogen (secondary N) is 1. The molecule has 0 saturated heterocycles. The van der Waals surface area contributed by atoms with E-state index < -0.39 is 17.8 Å². The molecular formula is C14H23NO3. The molecule has 0 aliphatic heterocycles. The normalized spacial score (nSPS) is 22.6. The van der Waals surface area contributed by atoms with Gasteiger partial charge in [-0.3, -0.25) is 9.59 Å². The Morgan fingerprint density at radius 3 is 2.00 bits per heavy atom. The van der Waals surface area contributed by atoms with Crippen LogP contribution in [0, 0.1) is 29.6 Å². The second kappa shape index (κ2) is 5.29. The molecule has 2 rings (SSSR count). The molecule has 0 heterocycles. The van der Waals surface area contributed by atoms with E-state index in [-0.39, 0.29) is 5.91 Å². The summed E-state index contributed by atoms with van der Waals surface area (Å²) < 4.78 is 0. The molecule has 0 spiro atoms. The van der Waals surface area contributed by atoms with Crippen LogP contribution in [0.5, 0.6) is 0 Å². The predicted molar refractivity (Wildman–Crippen MR) is 67.9 cm³/mol. The van der Waals surface area contributed by atoms with Crippen molar-refractivity contribution in [3.63, 3.8) is 0 Å². The quantitative estimate of drug-likeness (QED) is 0.728. The van der Waals surface area contributed by atoms with E-state index in [2.05, 4.69) is 5.32 Å². The number of hydrogen-bond donors (Lipinski definition) is 2. The molecule has 2 aliphatic carbocycles. The molecule has 2 saturated carbocycles. The van der Waals surface area contributed by atoms with Crippen LogP contribution >= 0.6 is 0 Å². The molecule has 2 fully saturated rings. The second-order valence-electron chi connectivity index (χ2n) is 6.00. The summed E-state index contributed by atoms with van der Waals surface area (Å²) in [7, 11) is 0. The van der Waals surface area contributed by atoms with Gasteiger partial charge >= 0.3 is 5.97 Å². The molecule has 2 unspecified atom stereocenters. The molecule has 0 aromatic carbocycles. The molecule has 2 aliphatic rings. The van der Waals surface area contributed by atoms with E-state index in [1.165, 1.54) is 25.7 Å². The fraction of sp³-hybridized carbons (Fsp3) is 0.857. The summed E-state index contributed by atoms with van der Waals surface area (Å²) >= 11 is 0. The van der Waals surface area contributed by atoms with Crippen molar-refractivity contribution in [1.82, 2.24) is 5.32 Å². The maximum absolute atomic E-state index is 11.9. The van der Waals surface area contributed by atoms with Crippen LogP contribution in [0.25, 0.3) is 0 Å². The van der Waals surface area contributed by atoms with Gasteiger partial charge in [0.2, 0.25) is 5.91 Å². The number of carboxylic acids is 1. The summed E-state index contributed by atoms with van der Waals surface area (Å²) in [6, 6.07) is 0. The van der Waals surface area contributed by atoms with Crippen molar-refractivity contribution in [3.05, 3.63) is 0 Å². The van der Waals surface area contributed by atoms with Crippen LogP contribution in [0.1, 0.15) is 39.5 Å². The van der Waals surface area contributed by atoms with Gasteiger partial charge < -0.3 is 10.4 Å². The van der Waals surface area contributed by atoms with Gasteiger partial charge in [-0.25, -0.2) is 0 Å². The van der Waals surface area contributed by atoms with Crippen molar-refractivity contribution < 1.29 is 14.7 Å². The third-order valence-electron chi connectivity index (χ3n) is 4.52. The van der Waals surface area contributed by atoms with Crippen molar-refractivity contribution in [2.45, 2.75) is 39.5 Å². The molecule has 1 amide bonds. The fourth-order valence-electron chi connectivity index (χ4n) is 2.59. The Morgan fingerprint density at radius 1 is 1.11 bits per heavy atom. The predicted octanol–water partition coefficient (Wildman–Crippen LogP) is 1.90. The van der Waals surface area contributed by atoms with Crippen LogP contribution in [0.3, 0.4) is 0 Å². The van der Waals surface area contributed by atoms with Crippen molar-refractivity contribution in [1.29, 1.82) is 0 Å². The van der Waals surface area contributed by atoms with Crippen LogP contribution in [0.4, 0.5) is 0 Å². The average Bonchev–Trinajstić information content (AvgIpc) is 3.18. The zero-order chi connectivity index (χ0) is 13.3. The third kappa shape index (κ3) is 3.24. The van der Waals surface area contributed by atoms with Gasteiger partial charge in [0.05, 0.1) is 5.92 Å². The minimum atomic E-state index is -0.904. The van der Waals surface area contributed by atoms with Gasteiger partial charge in [0.25, 0.3) is 0 Å². The Hall–Kier alpha value is -1.06. The van der Waals surface area contributed by atoms with Crippen molar-refractivity contribution >= 4 is 11.9 Å². The van der Waals surface area contributed by atoms with Gasteiger partial charge in [-0.2, -0.15) is 0 Å². The van der Waals surface area contributed by atoms with Gasteiger partial charge in [-0.15, -0.1) is 0 Å². The van der Waals surface area contributed by atoms with Gasteiger partial charge in [0, 0.05) is 12.5 Å². The SMILES string of the molecule is CC(C(=O)O)C(C)C(=O)NCC(C1CC1)C1CC1.